The summed E-state index contributed by atoms with van der Waals surface area (Å²) in [4.78, 5) is 0. The Morgan fingerprint density at radius 2 is 1.80 bits per heavy atom. The number of hydrogen-bond donors (Lipinski definition) is 1. The average molecular weight is 334 g/mol. The van der Waals surface area contributed by atoms with Gasteiger partial charge in [0, 0.05) is 5.56 Å². The van der Waals surface area contributed by atoms with Crippen LogP contribution in [0.2, 0.25) is 0 Å². The van der Waals surface area contributed by atoms with E-state index < -0.39 is 0 Å². The van der Waals surface area contributed by atoms with Crippen molar-refractivity contribution in [2.45, 2.75) is 25.4 Å². The molecule has 25 heavy (non-hydrogen) atoms. The van der Waals surface area contributed by atoms with E-state index >= 15 is 0 Å². The second-order valence-electron chi connectivity index (χ2n) is 6.06. The molecule has 1 fully saturated rings. The zero-order chi connectivity index (χ0) is 17.2. The van der Waals surface area contributed by atoms with Crippen molar-refractivity contribution in [2.75, 3.05) is 0 Å². The molecule has 0 atom stereocenters. The molecule has 0 radical (unpaired) electrons. The second kappa shape index (κ2) is 6.36. The molecule has 0 aliphatic heterocycles. The first-order valence-corrected chi connectivity index (χ1v) is 8.12. The number of halogens is 1. The fourth-order valence-electron chi connectivity index (χ4n) is 2.80. The lowest BCUT2D eigenvalue weighted by Gasteiger charge is -2.26. The van der Waals surface area contributed by atoms with E-state index in [0.29, 0.717) is 11.4 Å². The SMILES string of the molecule is N#Cc1n[nH]nc1-c1cc(OC2CCC2)cc(-c2ccc(F)cc2)c1. The molecule has 2 aromatic carbocycles. The van der Waals surface area contributed by atoms with Gasteiger partial charge in [-0.2, -0.15) is 15.6 Å². The largest absolute Gasteiger partial charge is 0.490 e. The van der Waals surface area contributed by atoms with Gasteiger partial charge in [0.2, 0.25) is 0 Å². The molecule has 1 aromatic heterocycles. The molecule has 0 bridgehead atoms. The van der Waals surface area contributed by atoms with Gasteiger partial charge in [0.1, 0.15) is 23.3 Å². The average Bonchev–Trinajstić information content (AvgIpc) is 3.07. The molecule has 1 heterocycles. The van der Waals surface area contributed by atoms with Crippen LogP contribution in [0.1, 0.15) is 25.0 Å². The molecule has 5 nitrogen and oxygen atoms in total. The van der Waals surface area contributed by atoms with Gasteiger partial charge < -0.3 is 4.74 Å². The van der Waals surface area contributed by atoms with Crippen LogP contribution in [-0.2, 0) is 0 Å². The first-order chi connectivity index (χ1) is 12.2. The number of aromatic amines is 1. The van der Waals surface area contributed by atoms with Crippen molar-refractivity contribution in [1.29, 1.82) is 5.26 Å². The van der Waals surface area contributed by atoms with Gasteiger partial charge in [-0.1, -0.05) is 12.1 Å². The number of aromatic nitrogens is 3. The third-order valence-corrected chi connectivity index (χ3v) is 4.37. The van der Waals surface area contributed by atoms with Gasteiger partial charge in [-0.15, -0.1) is 5.10 Å². The fourth-order valence-corrected chi connectivity index (χ4v) is 2.80. The van der Waals surface area contributed by atoms with Crippen LogP contribution < -0.4 is 4.74 Å². The summed E-state index contributed by atoms with van der Waals surface area (Å²) in [7, 11) is 0. The zero-order valence-electron chi connectivity index (χ0n) is 13.4. The Labute approximate surface area is 144 Å². The molecule has 0 amide bonds. The van der Waals surface area contributed by atoms with Crippen molar-refractivity contribution in [2.24, 2.45) is 0 Å². The van der Waals surface area contributed by atoms with E-state index in [4.69, 9.17) is 4.74 Å². The van der Waals surface area contributed by atoms with Crippen LogP contribution in [0.4, 0.5) is 4.39 Å². The van der Waals surface area contributed by atoms with E-state index in [1.165, 1.54) is 18.6 Å². The Kier molecular flexibility index (Phi) is 3.90. The highest BCUT2D eigenvalue weighted by Gasteiger charge is 2.20. The third-order valence-electron chi connectivity index (χ3n) is 4.37. The molecule has 0 unspecified atom stereocenters. The van der Waals surface area contributed by atoms with Gasteiger partial charge >= 0.3 is 0 Å². The van der Waals surface area contributed by atoms with E-state index in [9.17, 15) is 9.65 Å². The van der Waals surface area contributed by atoms with Gasteiger partial charge in [-0.25, -0.2) is 4.39 Å². The normalized spacial score (nSPS) is 13.9. The first-order valence-electron chi connectivity index (χ1n) is 8.12. The minimum atomic E-state index is -0.283. The van der Waals surface area contributed by atoms with Crippen LogP contribution in [0.25, 0.3) is 22.4 Å². The topological polar surface area (TPSA) is 74.6 Å². The maximum atomic E-state index is 13.2. The molecule has 3 aromatic rings. The van der Waals surface area contributed by atoms with Crippen LogP contribution in [0.15, 0.2) is 42.5 Å². The number of benzene rings is 2. The lowest BCUT2D eigenvalue weighted by molar-refractivity contribution is 0.120. The van der Waals surface area contributed by atoms with Crippen molar-refractivity contribution >= 4 is 0 Å². The van der Waals surface area contributed by atoms with Crippen molar-refractivity contribution in [3.05, 3.63) is 54.0 Å². The lowest BCUT2D eigenvalue weighted by atomic mass is 9.96. The fraction of sp³-hybridized carbons (Fsp3) is 0.211. The maximum Gasteiger partial charge on any atom is 0.190 e. The minimum absolute atomic E-state index is 0.226. The van der Waals surface area contributed by atoms with Crippen LogP contribution >= 0.6 is 0 Å². The Morgan fingerprint density at radius 3 is 2.48 bits per heavy atom. The van der Waals surface area contributed by atoms with E-state index in [1.54, 1.807) is 12.1 Å². The summed E-state index contributed by atoms with van der Waals surface area (Å²) >= 11 is 0. The Hall–Kier alpha value is -3.20. The summed E-state index contributed by atoms with van der Waals surface area (Å²) in [6, 6.07) is 14.0. The minimum Gasteiger partial charge on any atom is -0.490 e. The molecule has 124 valence electrons. The van der Waals surface area contributed by atoms with Gasteiger partial charge in [0.05, 0.1) is 6.10 Å². The van der Waals surface area contributed by atoms with Crippen molar-refractivity contribution in [3.8, 4) is 34.2 Å². The number of nitrogens with one attached hydrogen (secondary N) is 1. The molecule has 1 N–H and O–H groups in total. The quantitative estimate of drug-likeness (QED) is 0.780. The number of H-pyrrole nitrogens is 1. The summed E-state index contributed by atoms with van der Waals surface area (Å²) in [6.45, 7) is 0. The van der Waals surface area contributed by atoms with Gasteiger partial charge in [0.15, 0.2) is 5.69 Å². The molecule has 0 spiro atoms. The molecular weight excluding hydrogens is 319 g/mol. The number of ether oxygens (including phenoxy) is 1. The number of nitrogens with zero attached hydrogens (tertiary/aromatic N) is 3. The van der Waals surface area contributed by atoms with E-state index in [2.05, 4.69) is 15.4 Å². The summed E-state index contributed by atoms with van der Waals surface area (Å²) in [5.41, 5.74) is 3.18. The molecule has 6 heteroatoms. The molecule has 4 rings (SSSR count). The standard InChI is InChI=1S/C19H15FN4O/c20-15-6-4-12(5-7-15)13-8-14(19-18(11-21)22-24-23-19)10-17(9-13)25-16-2-1-3-16/h4-10,16H,1-3H2,(H,22,23,24). The van der Waals surface area contributed by atoms with Crippen molar-refractivity contribution < 1.29 is 9.13 Å². The Balaban J connectivity index is 1.80. The monoisotopic (exact) mass is 334 g/mol. The summed E-state index contributed by atoms with van der Waals surface area (Å²) in [6.07, 6.45) is 3.49. The van der Waals surface area contributed by atoms with Crippen LogP contribution in [0.3, 0.4) is 0 Å². The summed E-state index contributed by atoms with van der Waals surface area (Å²) in [5, 5.41) is 19.6. The molecule has 1 aliphatic rings. The van der Waals surface area contributed by atoms with Crippen molar-refractivity contribution in [1.82, 2.24) is 15.4 Å². The van der Waals surface area contributed by atoms with E-state index in [-0.39, 0.29) is 17.6 Å². The predicted molar refractivity (Wildman–Crippen MR) is 90.2 cm³/mol. The molecular formula is C19H15FN4O. The van der Waals surface area contributed by atoms with E-state index in [1.807, 2.05) is 24.3 Å². The highest BCUT2D eigenvalue weighted by Crippen LogP contribution is 2.34. The Morgan fingerprint density at radius 1 is 1.04 bits per heavy atom. The molecule has 0 saturated heterocycles. The predicted octanol–water partition coefficient (Wildman–Crippen LogP) is 4.08. The van der Waals surface area contributed by atoms with Gasteiger partial charge in [0.25, 0.3) is 0 Å². The van der Waals surface area contributed by atoms with Gasteiger partial charge in [-0.3, -0.25) is 0 Å². The van der Waals surface area contributed by atoms with Crippen LogP contribution in [-0.4, -0.2) is 21.5 Å². The van der Waals surface area contributed by atoms with E-state index in [0.717, 1.165) is 29.5 Å². The molecule has 1 saturated carbocycles. The summed E-state index contributed by atoms with van der Waals surface area (Å²) in [5.74, 6) is 0.433. The zero-order valence-corrected chi connectivity index (χ0v) is 13.4. The smallest absolute Gasteiger partial charge is 0.190 e. The molecule has 1 aliphatic carbocycles. The lowest BCUT2D eigenvalue weighted by Crippen LogP contribution is -2.24. The highest BCUT2D eigenvalue weighted by atomic mass is 19.1. The maximum absolute atomic E-state index is 13.2. The number of nitriles is 1. The number of hydrogen-bond acceptors (Lipinski definition) is 4. The van der Waals surface area contributed by atoms with Crippen LogP contribution in [0, 0.1) is 17.1 Å². The highest BCUT2D eigenvalue weighted by molar-refractivity contribution is 5.75. The Bertz CT molecular complexity index is 939. The third kappa shape index (κ3) is 3.09. The summed E-state index contributed by atoms with van der Waals surface area (Å²) < 4.78 is 19.3. The van der Waals surface area contributed by atoms with Gasteiger partial charge in [-0.05, 0) is 60.7 Å². The first kappa shape index (κ1) is 15.3. The van der Waals surface area contributed by atoms with Crippen molar-refractivity contribution in [3.63, 3.8) is 0 Å². The van der Waals surface area contributed by atoms with Crippen LogP contribution in [0.5, 0.6) is 5.75 Å². The second-order valence-corrected chi connectivity index (χ2v) is 6.06. The number of rotatable bonds is 4.